The number of carboxylic acids is 1. The molecule has 2 atom stereocenters. The van der Waals surface area contributed by atoms with E-state index in [9.17, 15) is 9.59 Å². The van der Waals surface area contributed by atoms with Crippen molar-refractivity contribution in [3.8, 4) is 0 Å². The molecule has 0 radical (unpaired) electrons. The highest BCUT2D eigenvalue weighted by Crippen LogP contribution is 2.17. The second-order valence-corrected chi connectivity index (χ2v) is 4.63. The average molecular weight is 260 g/mol. The SMILES string of the molecule is CC(NC(=O)c1cccc2[nH]ccc12)C(C)C(=O)O. The van der Waals surface area contributed by atoms with E-state index < -0.39 is 17.9 Å². The molecule has 0 bridgehead atoms. The molecule has 2 aromatic rings. The standard InChI is InChI=1S/C14H16N2O3/c1-8(14(18)19)9(2)16-13(17)11-4-3-5-12-10(11)6-7-15-12/h3-9,15H,1-2H3,(H,16,17)(H,18,19). The lowest BCUT2D eigenvalue weighted by molar-refractivity contribution is -0.141. The highest BCUT2D eigenvalue weighted by molar-refractivity contribution is 6.06. The van der Waals surface area contributed by atoms with Crippen LogP contribution in [0.25, 0.3) is 10.9 Å². The van der Waals surface area contributed by atoms with Crippen LogP contribution in [0.4, 0.5) is 0 Å². The first-order valence-corrected chi connectivity index (χ1v) is 6.10. The smallest absolute Gasteiger partial charge is 0.308 e. The minimum atomic E-state index is -0.923. The van der Waals surface area contributed by atoms with Crippen LogP contribution in [0.3, 0.4) is 0 Å². The molecule has 0 aliphatic heterocycles. The molecule has 1 aromatic heterocycles. The monoisotopic (exact) mass is 260 g/mol. The van der Waals surface area contributed by atoms with E-state index in [2.05, 4.69) is 10.3 Å². The van der Waals surface area contributed by atoms with Gasteiger partial charge in [0.25, 0.3) is 5.91 Å². The Hall–Kier alpha value is -2.30. The number of carboxylic acid groups (broad SMARTS) is 1. The Morgan fingerprint density at radius 1 is 1.26 bits per heavy atom. The Morgan fingerprint density at radius 2 is 2.00 bits per heavy atom. The molecule has 3 N–H and O–H groups in total. The van der Waals surface area contributed by atoms with Crippen molar-refractivity contribution in [2.45, 2.75) is 19.9 Å². The van der Waals surface area contributed by atoms with Gasteiger partial charge in [0.15, 0.2) is 0 Å². The molecule has 2 unspecified atom stereocenters. The summed E-state index contributed by atoms with van der Waals surface area (Å²) in [6.45, 7) is 3.26. The lowest BCUT2D eigenvalue weighted by atomic mass is 10.0. The number of benzene rings is 1. The molecule has 2 rings (SSSR count). The summed E-state index contributed by atoms with van der Waals surface area (Å²) in [4.78, 5) is 26.1. The molecule has 0 spiro atoms. The van der Waals surface area contributed by atoms with E-state index in [1.54, 1.807) is 32.2 Å². The van der Waals surface area contributed by atoms with Crippen molar-refractivity contribution in [3.05, 3.63) is 36.0 Å². The van der Waals surface area contributed by atoms with Crippen molar-refractivity contribution >= 4 is 22.8 Å². The maximum atomic E-state index is 12.2. The third-order valence-electron chi connectivity index (χ3n) is 3.34. The van der Waals surface area contributed by atoms with Gasteiger partial charge < -0.3 is 15.4 Å². The summed E-state index contributed by atoms with van der Waals surface area (Å²) < 4.78 is 0. The van der Waals surface area contributed by atoms with E-state index in [1.165, 1.54) is 0 Å². The van der Waals surface area contributed by atoms with Crippen molar-refractivity contribution in [1.29, 1.82) is 0 Å². The fraction of sp³-hybridized carbons (Fsp3) is 0.286. The zero-order valence-electron chi connectivity index (χ0n) is 10.8. The van der Waals surface area contributed by atoms with E-state index in [-0.39, 0.29) is 5.91 Å². The van der Waals surface area contributed by atoms with E-state index in [0.29, 0.717) is 5.56 Å². The Morgan fingerprint density at radius 3 is 2.68 bits per heavy atom. The molecule has 1 amide bonds. The first kappa shape index (κ1) is 13.1. The summed E-state index contributed by atoms with van der Waals surface area (Å²) in [7, 11) is 0. The molecule has 1 heterocycles. The number of nitrogens with one attached hydrogen (secondary N) is 2. The number of carbonyl (C=O) groups excluding carboxylic acids is 1. The van der Waals surface area contributed by atoms with Crippen LogP contribution in [0, 0.1) is 5.92 Å². The number of aromatic amines is 1. The van der Waals surface area contributed by atoms with Gasteiger partial charge in [-0.3, -0.25) is 9.59 Å². The van der Waals surface area contributed by atoms with Gasteiger partial charge in [-0.1, -0.05) is 6.07 Å². The lowest BCUT2D eigenvalue weighted by Crippen LogP contribution is -2.40. The number of hydrogen-bond donors (Lipinski definition) is 3. The second-order valence-electron chi connectivity index (χ2n) is 4.63. The zero-order chi connectivity index (χ0) is 14.0. The fourth-order valence-electron chi connectivity index (χ4n) is 1.91. The predicted molar refractivity (Wildman–Crippen MR) is 72.0 cm³/mol. The van der Waals surface area contributed by atoms with Crippen LogP contribution in [-0.4, -0.2) is 28.0 Å². The number of carbonyl (C=O) groups is 2. The summed E-state index contributed by atoms with van der Waals surface area (Å²) in [6.07, 6.45) is 1.77. The lowest BCUT2D eigenvalue weighted by Gasteiger charge is -2.18. The molecule has 100 valence electrons. The van der Waals surface area contributed by atoms with Gasteiger partial charge in [0.2, 0.25) is 0 Å². The Kier molecular flexibility index (Phi) is 3.55. The molecule has 5 nitrogen and oxygen atoms in total. The van der Waals surface area contributed by atoms with Gasteiger partial charge in [0, 0.05) is 28.7 Å². The van der Waals surface area contributed by atoms with Crippen LogP contribution in [-0.2, 0) is 4.79 Å². The van der Waals surface area contributed by atoms with Crippen LogP contribution in [0.2, 0.25) is 0 Å². The summed E-state index contributed by atoms with van der Waals surface area (Å²) in [5.74, 6) is -1.81. The maximum absolute atomic E-state index is 12.2. The molecule has 0 aliphatic rings. The molecule has 0 fully saturated rings. The zero-order valence-corrected chi connectivity index (χ0v) is 10.8. The predicted octanol–water partition coefficient (Wildman–Crippen LogP) is 2.01. The molecule has 5 heteroatoms. The Balaban J connectivity index is 2.21. The first-order valence-electron chi connectivity index (χ1n) is 6.10. The molecule has 1 aromatic carbocycles. The number of fused-ring (bicyclic) bond motifs is 1. The van der Waals surface area contributed by atoms with E-state index >= 15 is 0 Å². The number of aromatic nitrogens is 1. The molecular formula is C14H16N2O3. The third-order valence-corrected chi connectivity index (χ3v) is 3.34. The van der Waals surface area contributed by atoms with Gasteiger partial charge in [-0.2, -0.15) is 0 Å². The molecule has 0 saturated carbocycles. The number of amides is 1. The number of H-pyrrole nitrogens is 1. The van der Waals surface area contributed by atoms with Gasteiger partial charge in [-0.25, -0.2) is 0 Å². The van der Waals surface area contributed by atoms with Crippen molar-refractivity contribution < 1.29 is 14.7 Å². The van der Waals surface area contributed by atoms with Crippen LogP contribution < -0.4 is 5.32 Å². The largest absolute Gasteiger partial charge is 0.481 e. The Bertz CT molecular complexity index is 618. The number of hydrogen-bond acceptors (Lipinski definition) is 2. The minimum absolute atomic E-state index is 0.259. The summed E-state index contributed by atoms with van der Waals surface area (Å²) in [5.41, 5.74) is 1.43. The molecular weight excluding hydrogens is 244 g/mol. The van der Waals surface area contributed by atoms with Crippen molar-refractivity contribution in [2.24, 2.45) is 5.92 Å². The van der Waals surface area contributed by atoms with Gasteiger partial charge in [-0.05, 0) is 32.0 Å². The van der Waals surface area contributed by atoms with Gasteiger partial charge >= 0.3 is 5.97 Å². The van der Waals surface area contributed by atoms with Gasteiger partial charge in [0.05, 0.1) is 5.92 Å². The van der Waals surface area contributed by atoms with Crippen molar-refractivity contribution in [2.75, 3.05) is 0 Å². The summed E-state index contributed by atoms with van der Waals surface area (Å²) >= 11 is 0. The topological polar surface area (TPSA) is 82.2 Å². The van der Waals surface area contributed by atoms with Crippen LogP contribution in [0.5, 0.6) is 0 Å². The Labute approximate surface area is 110 Å². The maximum Gasteiger partial charge on any atom is 0.308 e. The van der Waals surface area contributed by atoms with Crippen molar-refractivity contribution in [3.63, 3.8) is 0 Å². The molecule has 0 saturated heterocycles. The normalized spacial score (nSPS) is 14.0. The third kappa shape index (κ3) is 2.59. The van der Waals surface area contributed by atoms with Gasteiger partial charge in [0.1, 0.15) is 0 Å². The first-order chi connectivity index (χ1) is 9.00. The highest BCUT2D eigenvalue weighted by atomic mass is 16.4. The summed E-state index contributed by atoms with van der Waals surface area (Å²) in [6, 6.07) is 6.80. The fourth-order valence-corrected chi connectivity index (χ4v) is 1.91. The van der Waals surface area contributed by atoms with Crippen LogP contribution in [0.15, 0.2) is 30.5 Å². The van der Waals surface area contributed by atoms with Crippen LogP contribution in [0.1, 0.15) is 24.2 Å². The highest BCUT2D eigenvalue weighted by Gasteiger charge is 2.22. The average Bonchev–Trinajstić information content (AvgIpc) is 2.85. The van der Waals surface area contributed by atoms with Crippen molar-refractivity contribution in [1.82, 2.24) is 10.3 Å². The van der Waals surface area contributed by atoms with Gasteiger partial charge in [-0.15, -0.1) is 0 Å². The molecule has 0 aliphatic carbocycles. The quantitative estimate of drug-likeness (QED) is 0.786. The minimum Gasteiger partial charge on any atom is -0.481 e. The van der Waals surface area contributed by atoms with E-state index in [0.717, 1.165) is 10.9 Å². The summed E-state index contributed by atoms with van der Waals surface area (Å²) in [5, 5.41) is 12.5. The van der Waals surface area contributed by atoms with Crippen LogP contribution >= 0.6 is 0 Å². The van der Waals surface area contributed by atoms with E-state index in [1.807, 2.05) is 12.1 Å². The van der Waals surface area contributed by atoms with E-state index in [4.69, 9.17) is 5.11 Å². The number of rotatable bonds is 4. The second kappa shape index (κ2) is 5.14. The number of aliphatic carboxylic acids is 1. The molecule has 19 heavy (non-hydrogen) atoms.